The largest absolute Gasteiger partial charge is 0.392 e. The molecule has 3 heteroatoms. The molecule has 0 spiro atoms. The number of benzene rings is 1. The van der Waals surface area contributed by atoms with Crippen molar-refractivity contribution >= 4 is 11.6 Å². The Bertz CT molecular complexity index is 513. The second-order valence-electron chi connectivity index (χ2n) is 7.03. The van der Waals surface area contributed by atoms with Gasteiger partial charge in [0.25, 0.3) is 0 Å². The van der Waals surface area contributed by atoms with Crippen molar-refractivity contribution in [2.45, 2.75) is 38.2 Å². The van der Waals surface area contributed by atoms with Crippen LogP contribution in [0.4, 0.5) is 5.69 Å². The molecule has 0 radical (unpaired) electrons. The Kier molecular flexibility index (Phi) is 2.68. The molecule has 1 amide bonds. The lowest BCUT2D eigenvalue weighted by Gasteiger charge is -2.58. The molecule has 1 aromatic rings. The van der Waals surface area contributed by atoms with Crippen molar-refractivity contribution < 1.29 is 9.90 Å². The summed E-state index contributed by atoms with van der Waals surface area (Å²) in [6, 6.07) is 9.60. The van der Waals surface area contributed by atoms with Gasteiger partial charge in [0.1, 0.15) is 0 Å². The molecule has 0 saturated heterocycles. The number of rotatable bonds is 2. The summed E-state index contributed by atoms with van der Waals surface area (Å²) in [4.78, 5) is 12.8. The SMILES string of the molecule is O=C(Nc1ccccc1)C12CC3CC(CC(C3)C1O)C2. The van der Waals surface area contributed by atoms with Crippen LogP contribution in [0, 0.1) is 23.2 Å². The highest BCUT2D eigenvalue weighted by Crippen LogP contribution is 2.60. The number of aliphatic hydroxyl groups excluding tert-OH is 1. The fraction of sp³-hybridized carbons (Fsp3) is 0.588. The second-order valence-corrected chi connectivity index (χ2v) is 7.03. The molecule has 4 aliphatic rings. The van der Waals surface area contributed by atoms with Gasteiger partial charge in [0.15, 0.2) is 0 Å². The topological polar surface area (TPSA) is 49.3 Å². The highest BCUT2D eigenvalue weighted by Gasteiger charge is 2.60. The van der Waals surface area contributed by atoms with Crippen LogP contribution >= 0.6 is 0 Å². The molecule has 4 saturated carbocycles. The number of aliphatic hydroxyl groups is 1. The highest BCUT2D eigenvalue weighted by molar-refractivity contribution is 5.96. The summed E-state index contributed by atoms with van der Waals surface area (Å²) in [7, 11) is 0. The van der Waals surface area contributed by atoms with Crippen LogP contribution in [0.15, 0.2) is 30.3 Å². The molecule has 1 aromatic carbocycles. The van der Waals surface area contributed by atoms with E-state index in [0.29, 0.717) is 17.8 Å². The molecule has 3 unspecified atom stereocenters. The summed E-state index contributed by atoms with van der Waals surface area (Å²) < 4.78 is 0. The second kappa shape index (κ2) is 4.32. The molecule has 106 valence electrons. The van der Waals surface area contributed by atoms with Crippen molar-refractivity contribution in [2.75, 3.05) is 5.32 Å². The number of carbonyl (C=O) groups excluding carboxylic acids is 1. The summed E-state index contributed by atoms with van der Waals surface area (Å²) in [5.41, 5.74) is 0.311. The average molecular weight is 271 g/mol. The van der Waals surface area contributed by atoms with Crippen LogP contribution in [0.5, 0.6) is 0 Å². The number of anilines is 1. The monoisotopic (exact) mass is 271 g/mol. The van der Waals surface area contributed by atoms with E-state index in [-0.39, 0.29) is 5.91 Å². The minimum atomic E-state index is -0.523. The number of nitrogens with one attached hydrogen (secondary N) is 1. The van der Waals surface area contributed by atoms with E-state index < -0.39 is 11.5 Å². The van der Waals surface area contributed by atoms with E-state index in [1.165, 1.54) is 6.42 Å². The molecule has 4 fully saturated rings. The number of hydrogen-bond donors (Lipinski definition) is 2. The van der Waals surface area contributed by atoms with E-state index in [1.807, 2.05) is 30.3 Å². The fourth-order valence-corrected chi connectivity index (χ4v) is 5.11. The van der Waals surface area contributed by atoms with Crippen LogP contribution < -0.4 is 5.32 Å². The molecule has 0 aliphatic heterocycles. The van der Waals surface area contributed by atoms with Crippen LogP contribution in [-0.4, -0.2) is 17.1 Å². The standard InChI is InChI=1S/C17H21NO2/c19-15-13-7-11-6-12(8-13)10-17(15,9-11)16(20)18-14-4-2-1-3-5-14/h1-5,11-13,15,19H,6-10H2,(H,18,20). The van der Waals surface area contributed by atoms with Gasteiger partial charge in [-0.25, -0.2) is 0 Å². The van der Waals surface area contributed by atoms with Crippen LogP contribution in [0.3, 0.4) is 0 Å². The minimum Gasteiger partial charge on any atom is -0.392 e. The van der Waals surface area contributed by atoms with Gasteiger partial charge >= 0.3 is 0 Å². The number of hydrogen-bond acceptors (Lipinski definition) is 2. The zero-order valence-electron chi connectivity index (χ0n) is 11.6. The van der Waals surface area contributed by atoms with Gasteiger partial charge in [-0.05, 0) is 62.0 Å². The first-order valence-corrected chi connectivity index (χ1v) is 7.72. The third-order valence-corrected chi connectivity index (χ3v) is 5.74. The number of carbonyl (C=O) groups is 1. The van der Waals surface area contributed by atoms with Crippen LogP contribution in [-0.2, 0) is 4.79 Å². The Hall–Kier alpha value is -1.35. The van der Waals surface area contributed by atoms with Crippen LogP contribution in [0.25, 0.3) is 0 Å². The van der Waals surface area contributed by atoms with E-state index in [0.717, 1.165) is 31.4 Å². The molecule has 5 rings (SSSR count). The number of amides is 1. The lowest BCUT2D eigenvalue weighted by Crippen LogP contribution is -2.60. The van der Waals surface area contributed by atoms with Gasteiger partial charge in [-0.15, -0.1) is 0 Å². The van der Waals surface area contributed by atoms with E-state index in [1.54, 1.807) is 0 Å². The van der Waals surface area contributed by atoms with Crippen molar-refractivity contribution in [3.63, 3.8) is 0 Å². The lowest BCUT2D eigenvalue weighted by molar-refractivity contribution is -0.171. The first-order chi connectivity index (χ1) is 9.67. The first kappa shape index (κ1) is 12.4. The Morgan fingerprint density at radius 3 is 2.40 bits per heavy atom. The normalized spacial score (nSPS) is 41.6. The van der Waals surface area contributed by atoms with Crippen LogP contribution in [0.1, 0.15) is 32.1 Å². The van der Waals surface area contributed by atoms with Crippen molar-refractivity contribution in [1.82, 2.24) is 0 Å². The summed E-state index contributed by atoms with van der Waals surface area (Å²) in [6.07, 6.45) is 4.82. The van der Waals surface area contributed by atoms with E-state index in [9.17, 15) is 9.90 Å². The van der Waals surface area contributed by atoms with Crippen molar-refractivity contribution in [2.24, 2.45) is 23.2 Å². The van der Waals surface area contributed by atoms with Gasteiger partial charge in [-0.2, -0.15) is 0 Å². The Balaban J connectivity index is 1.61. The van der Waals surface area contributed by atoms with Gasteiger partial charge in [0.2, 0.25) is 5.91 Å². The Morgan fingerprint density at radius 2 is 1.75 bits per heavy atom. The van der Waals surface area contributed by atoms with E-state index >= 15 is 0 Å². The van der Waals surface area contributed by atoms with Gasteiger partial charge in [-0.3, -0.25) is 4.79 Å². The Labute approximate surface area is 119 Å². The van der Waals surface area contributed by atoms with Crippen molar-refractivity contribution in [3.05, 3.63) is 30.3 Å². The first-order valence-electron chi connectivity index (χ1n) is 7.72. The molecule has 2 N–H and O–H groups in total. The molecule has 3 nitrogen and oxygen atoms in total. The zero-order chi connectivity index (χ0) is 13.7. The van der Waals surface area contributed by atoms with E-state index in [2.05, 4.69) is 5.32 Å². The maximum atomic E-state index is 12.8. The predicted molar refractivity (Wildman–Crippen MR) is 77.1 cm³/mol. The zero-order valence-corrected chi connectivity index (χ0v) is 11.6. The van der Waals surface area contributed by atoms with Gasteiger partial charge in [0.05, 0.1) is 11.5 Å². The molecule has 3 atom stereocenters. The quantitative estimate of drug-likeness (QED) is 0.869. The molecule has 20 heavy (non-hydrogen) atoms. The molecular formula is C17H21NO2. The molecule has 0 aromatic heterocycles. The maximum Gasteiger partial charge on any atom is 0.233 e. The van der Waals surface area contributed by atoms with Gasteiger partial charge < -0.3 is 10.4 Å². The maximum absolute atomic E-state index is 12.8. The average Bonchev–Trinajstić information content (AvgIpc) is 2.44. The van der Waals surface area contributed by atoms with Gasteiger partial charge in [0, 0.05) is 5.69 Å². The molecule has 4 aliphatic carbocycles. The van der Waals surface area contributed by atoms with E-state index in [4.69, 9.17) is 0 Å². The fourth-order valence-electron chi connectivity index (χ4n) is 5.11. The minimum absolute atomic E-state index is 0.0373. The van der Waals surface area contributed by atoms with Gasteiger partial charge in [-0.1, -0.05) is 18.2 Å². The number of para-hydroxylation sites is 1. The lowest BCUT2D eigenvalue weighted by atomic mass is 9.48. The van der Waals surface area contributed by atoms with Crippen molar-refractivity contribution in [3.8, 4) is 0 Å². The molecular weight excluding hydrogens is 250 g/mol. The van der Waals surface area contributed by atoms with Crippen LogP contribution in [0.2, 0.25) is 0 Å². The molecule has 4 bridgehead atoms. The Morgan fingerprint density at radius 1 is 1.10 bits per heavy atom. The summed E-state index contributed by atoms with van der Waals surface area (Å²) in [5, 5.41) is 13.7. The molecule has 0 heterocycles. The smallest absolute Gasteiger partial charge is 0.233 e. The summed E-state index contributed by atoms with van der Waals surface area (Å²) in [6.45, 7) is 0. The van der Waals surface area contributed by atoms with Crippen molar-refractivity contribution in [1.29, 1.82) is 0 Å². The third kappa shape index (κ3) is 1.72. The highest BCUT2D eigenvalue weighted by atomic mass is 16.3. The summed E-state index contributed by atoms with van der Waals surface area (Å²) in [5.74, 6) is 1.69. The third-order valence-electron chi connectivity index (χ3n) is 5.74. The predicted octanol–water partition coefficient (Wildman–Crippen LogP) is 2.81. The summed E-state index contributed by atoms with van der Waals surface area (Å²) >= 11 is 0.